The van der Waals surface area contributed by atoms with Gasteiger partial charge in [-0.25, -0.2) is 0 Å². The molecule has 0 unspecified atom stereocenters. The monoisotopic (exact) mass is 348 g/mol. The van der Waals surface area contributed by atoms with Gasteiger partial charge in [0.2, 0.25) is 0 Å². The summed E-state index contributed by atoms with van der Waals surface area (Å²) in [5, 5.41) is 0. The van der Waals surface area contributed by atoms with E-state index >= 15 is 0 Å². The molecule has 0 aliphatic carbocycles. The zero-order chi connectivity index (χ0) is 15.2. The largest absolute Gasteiger partial charge is 0.482 e. The molecule has 2 N–H and O–H groups in total. The third-order valence-corrected chi connectivity index (χ3v) is 3.83. The normalized spacial score (nSPS) is 10.2. The van der Waals surface area contributed by atoms with Crippen LogP contribution in [0.25, 0.3) is 0 Å². The Bertz CT molecular complexity index is 631. The van der Waals surface area contributed by atoms with E-state index < -0.39 is 0 Å². The Labute approximate surface area is 132 Å². The maximum absolute atomic E-state index is 12.1. The minimum Gasteiger partial charge on any atom is -0.482 e. The molecule has 0 bridgehead atoms. The molecule has 2 rings (SSSR count). The van der Waals surface area contributed by atoms with Crippen LogP contribution in [0.4, 0.5) is 5.69 Å². The lowest BCUT2D eigenvalue weighted by Gasteiger charge is -2.18. The molecule has 0 radical (unpaired) electrons. The molecule has 110 valence electrons. The van der Waals surface area contributed by atoms with E-state index in [2.05, 4.69) is 15.9 Å². The maximum atomic E-state index is 12.1. The Morgan fingerprint density at radius 3 is 2.57 bits per heavy atom. The van der Waals surface area contributed by atoms with Crippen LogP contribution in [-0.4, -0.2) is 24.5 Å². The summed E-state index contributed by atoms with van der Waals surface area (Å²) in [5.74, 6) is 0.425. The highest BCUT2D eigenvalue weighted by Crippen LogP contribution is 2.20. The molecule has 0 aromatic heterocycles. The highest BCUT2D eigenvalue weighted by Gasteiger charge is 2.12. The predicted molar refractivity (Wildman–Crippen MR) is 87.0 cm³/mol. The number of anilines is 1. The van der Waals surface area contributed by atoms with Gasteiger partial charge in [0.25, 0.3) is 5.91 Å². The SMILES string of the molecule is CN(Cc1ccccc1Br)C(=O)COc1ccccc1N. The number of hydrogen-bond donors (Lipinski definition) is 1. The van der Waals surface area contributed by atoms with Crippen LogP contribution in [0.15, 0.2) is 53.0 Å². The first kappa shape index (κ1) is 15.4. The number of rotatable bonds is 5. The van der Waals surface area contributed by atoms with E-state index in [9.17, 15) is 4.79 Å². The van der Waals surface area contributed by atoms with Gasteiger partial charge in [-0.1, -0.05) is 46.3 Å². The molecular formula is C16H17BrN2O2. The summed E-state index contributed by atoms with van der Waals surface area (Å²) in [7, 11) is 1.75. The molecule has 0 spiro atoms. The smallest absolute Gasteiger partial charge is 0.260 e. The summed E-state index contributed by atoms with van der Waals surface area (Å²) in [6.07, 6.45) is 0. The van der Waals surface area contributed by atoms with Crippen molar-refractivity contribution in [2.75, 3.05) is 19.4 Å². The second kappa shape index (κ2) is 7.13. The van der Waals surface area contributed by atoms with Gasteiger partial charge in [-0.05, 0) is 23.8 Å². The number of carbonyl (C=O) groups excluding carboxylic acids is 1. The van der Waals surface area contributed by atoms with Crippen LogP contribution in [0.5, 0.6) is 5.75 Å². The van der Waals surface area contributed by atoms with Gasteiger partial charge in [-0.15, -0.1) is 0 Å². The Morgan fingerprint density at radius 1 is 1.19 bits per heavy atom. The first-order chi connectivity index (χ1) is 10.1. The van der Waals surface area contributed by atoms with Gasteiger partial charge in [0.1, 0.15) is 5.75 Å². The van der Waals surface area contributed by atoms with E-state index in [4.69, 9.17) is 10.5 Å². The highest BCUT2D eigenvalue weighted by atomic mass is 79.9. The second-order valence-corrected chi connectivity index (χ2v) is 5.52. The van der Waals surface area contributed by atoms with Crippen molar-refractivity contribution in [2.45, 2.75) is 6.54 Å². The molecule has 4 nitrogen and oxygen atoms in total. The number of nitrogens with two attached hydrogens (primary N) is 1. The maximum Gasteiger partial charge on any atom is 0.260 e. The van der Waals surface area contributed by atoms with E-state index in [1.54, 1.807) is 24.1 Å². The summed E-state index contributed by atoms with van der Waals surface area (Å²) in [6.45, 7) is 0.489. The Morgan fingerprint density at radius 2 is 1.86 bits per heavy atom. The second-order valence-electron chi connectivity index (χ2n) is 4.67. The molecule has 0 atom stereocenters. The van der Waals surface area contributed by atoms with Crippen LogP contribution < -0.4 is 10.5 Å². The molecule has 0 heterocycles. The zero-order valence-corrected chi connectivity index (χ0v) is 13.3. The van der Waals surface area contributed by atoms with Gasteiger partial charge in [0.05, 0.1) is 5.69 Å². The van der Waals surface area contributed by atoms with Crippen molar-refractivity contribution in [3.05, 3.63) is 58.6 Å². The number of nitrogen functional groups attached to an aromatic ring is 1. The van der Waals surface area contributed by atoms with Gasteiger partial charge < -0.3 is 15.4 Å². The summed E-state index contributed by atoms with van der Waals surface area (Å²) >= 11 is 3.47. The number of benzene rings is 2. The van der Waals surface area contributed by atoms with Gasteiger partial charge in [0, 0.05) is 18.1 Å². The molecular weight excluding hydrogens is 332 g/mol. The number of amides is 1. The van der Waals surface area contributed by atoms with Gasteiger partial charge in [-0.3, -0.25) is 4.79 Å². The highest BCUT2D eigenvalue weighted by molar-refractivity contribution is 9.10. The van der Waals surface area contributed by atoms with Crippen molar-refractivity contribution < 1.29 is 9.53 Å². The van der Waals surface area contributed by atoms with Crippen LogP contribution in [0.1, 0.15) is 5.56 Å². The summed E-state index contributed by atoms with van der Waals surface area (Å²) < 4.78 is 6.44. The van der Waals surface area contributed by atoms with E-state index in [0.717, 1.165) is 10.0 Å². The molecule has 0 aliphatic rings. The number of hydrogen-bond acceptors (Lipinski definition) is 3. The van der Waals surface area contributed by atoms with Crippen LogP contribution >= 0.6 is 15.9 Å². The lowest BCUT2D eigenvalue weighted by atomic mass is 10.2. The van der Waals surface area contributed by atoms with Gasteiger partial charge in [-0.2, -0.15) is 0 Å². The fourth-order valence-electron chi connectivity index (χ4n) is 1.83. The Hall–Kier alpha value is -2.01. The number of para-hydroxylation sites is 2. The van der Waals surface area contributed by atoms with Crippen molar-refractivity contribution >= 4 is 27.5 Å². The van der Waals surface area contributed by atoms with Crippen LogP contribution in [-0.2, 0) is 11.3 Å². The van der Waals surface area contributed by atoms with Gasteiger partial charge >= 0.3 is 0 Å². The number of likely N-dealkylation sites (N-methyl/N-ethyl adjacent to an activating group) is 1. The third-order valence-electron chi connectivity index (χ3n) is 3.06. The number of nitrogens with zero attached hydrogens (tertiary/aromatic N) is 1. The van der Waals surface area contributed by atoms with Crippen LogP contribution in [0.2, 0.25) is 0 Å². The van der Waals surface area contributed by atoms with Crippen molar-refractivity contribution in [1.29, 1.82) is 0 Å². The predicted octanol–water partition coefficient (Wildman–Crippen LogP) is 3.07. The molecule has 0 fully saturated rings. The first-order valence-electron chi connectivity index (χ1n) is 6.52. The number of carbonyl (C=O) groups is 1. The van der Waals surface area contributed by atoms with Gasteiger partial charge in [0.15, 0.2) is 6.61 Å². The minimum absolute atomic E-state index is 0.0326. The molecule has 0 aliphatic heterocycles. The summed E-state index contributed by atoms with van der Waals surface area (Å²) in [4.78, 5) is 13.7. The van der Waals surface area contributed by atoms with Crippen molar-refractivity contribution in [3.63, 3.8) is 0 Å². The van der Waals surface area contributed by atoms with Crippen molar-refractivity contribution in [1.82, 2.24) is 4.90 Å². The van der Waals surface area contributed by atoms with Crippen molar-refractivity contribution in [3.8, 4) is 5.75 Å². The van der Waals surface area contributed by atoms with E-state index in [1.165, 1.54) is 0 Å². The molecule has 1 amide bonds. The number of ether oxygens (including phenoxy) is 1. The standard InChI is InChI=1S/C16H17BrN2O2/c1-19(10-12-6-2-3-7-13(12)17)16(20)11-21-15-9-5-4-8-14(15)18/h2-9H,10-11,18H2,1H3. The average Bonchev–Trinajstić information content (AvgIpc) is 2.48. The lowest BCUT2D eigenvalue weighted by molar-refractivity contribution is -0.132. The fraction of sp³-hybridized carbons (Fsp3) is 0.188. The molecule has 2 aromatic rings. The minimum atomic E-state index is -0.103. The Balaban J connectivity index is 1.91. The molecule has 21 heavy (non-hydrogen) atoms. The first-order valence-corrected chi connectivity index (χ1v) is 7.32. The quantitative estimate of drug-likeness (QED) is 0.844. The van der Waals surface area contributed by atoms with Crippen molar-refractivity contribution in [2.24, 2.45) is 0 Å². The third kappa shape index (κ3) is 4.23. The fourth-order valence-corrected chi connectivity index (χ4v) is 2.24. The van der Waals surface area contributed by atoms with E-state index in [-0.39, 0.29) is 12.5 Å². The summed E-state index contributed by atoms with van der Waals surface area (Å²) in [5.41, 5.74) is 7.35. The number of halogens is 1. The van der Waals surface area contributed by atoms with E-state index in [0.29, 0.717) is 18.0 Å². The average molecular weight is 349 g/mol. The lowest BCUT2D eigenvalue weighted by Crippen LogP contribution is -2.31. The Kier molecular flexibility index (Phi) is 5.22. The van der Waals surface area contributed by atoms with E-state index in [1.807, 2.05) is 36.4 Å². The zero-order valence-electron chi connectivity index (χ0n) is 11.8. The topological polar surface area (TPSA) is 55.6 Å². The molecule has 0 saturated carbocycles. The molecule has 0 saturated heterocycles. The molecule has 2 aromatic carbocycles. The van der Waals surface area contributed by atoms with Crippen LogP contribution in [0, 0.1) is 0 Å². The van der Waals surface area contributed by atoms with Crippen LogP contribution in [0.3, 0.4) is 0 Å². The summed E-state index contributed by atoms with van der Waals surface area (Å²) in [6, 6.07) is 14.9. The molecule has 5 heteroatoms.